The van der Waals surface area contributed by atoms with Gasteiger partial charge in [-0.1, -0.05) is 5.16 Å². The third-order valence-corrected chi connectivity index (χ3v) is 0.982. The molecule has 0 atom stereocenters. The van der Waals surface area contributed by atoms with Gasteiger partial charge in [-0.2, -0.15) is 13.2 Å². The highest BCUT2D eigenvalue weighted by Crippen LogP contribution is 2.30. The lowest BCUT2D eigenvalue weighted by Gasteiger charge is -1.99. The molecule has 0 amide bonds. The smallest absolute Gasteiger partial charge is 0.351 e. The number of carbonyl (C=O) groups excluding carboxylic acids is 1. The molecule has 1 rings (SSSR count). The van der Waals surface area contributed by atoms with Crippen LogP contribution in [0.1, 0.15) is 16.1 Å². The van der Waals surface area contributed by atoms with Crippen molar-refractivity contribution in [3.05, 3.63) is 17.5 Å². The number of carbonyl (C=O) groups is 1. The molecule has 1 heterocycles. The van der Waals surface area contributed by atoms with Crippen molar-refractivity contribution in [1.29, 1.82) is 0 Å². The molecule has 0 aliphatic heterocycles. The first-order chi connectivity index (χ1) is 5.05. The van der Waals surface area contributed by atoms with Gasteiger partial charge in [0.2, 0.25) is 0 Å². The molecular weight excluding hydrogens is 163 g/mol. The van der Waals surface area contributed by atoms with Crippen LogP contribution < -0.4 is 0 Å². The van der Waals surface area contributed by atoms with Crippen LogP contribution in [0.15, 0.2) is 10.7 Å². The molecule has 0 aliphatic rings. The summed E-state index contributed by atoms with van der Waals surface area (Å²) in [5.74, 6) is -1.35. The molecule has 0 radical (unpaired) electrons. The van der Waals surface area contributed by atoms with Crippen molar-refractivity contribution in [2.45, 2.75) is 6.18 Å². The second-order valence-electron chi connectivity index (χ2n) is 1.73. The number of hydrogen-bond donors (Lipinski definition) is 0. The van der Waals surface area contributed by atoms with E-state index >= 15 is 0 Å². The van der Waals surface area contributed by atoms with Crippen molar-refractivity contribution in [3.8, 4) is 0 Å². The first-order valence-corrected chi connectivity index (χ1v) is 2.52. The Morgan fingerprint density at radius 3 is 2.55 bits per heavy atom. The second-order valence-corrected chi connectivity index (χ2v) is 1.73. The third kappa shape index (κ3) is 1.39. The number of halogens is 3. The Hall–Kier alpha value is -1.33. The summed E-state index contributed by atoms with van der Waals surface area (Å²) in [6.45, 7) is 0. The zero-order chi connectivity index (χ0) is 8.48. The first kappa shape index (κ1) is 7.77. The van der Waals surface area contributed by atoms with E-state index in [0.717, 1.165) is 6.20 Å². The lowest BCUT2D eigenvalue weighted by atomic mass is 10.3. The van der Waals surface area contributed by atoms with Gasteiger partial charge in [-0.05, 0) is 0 Å². The zero-order valence-corrected chi connectivity index (χ0v) is 5.05. The summed E-state index contributed by atoms with van der Waals surface area (Å²) in [4.78, 5) is 9.94. The largest absolute Gasteiger partial charge is 0.453 e. The molecule has 3 nitrogen and oxygen atoms in total. The first-order valence-electron chi connectivity index (χ1n) is 2.52. The third-order valence-electron chi connectivity index (χ3n) is 0.982. The second kappa shape index (κ2) is 2.37. The van der Waals surface area contributed by atoms with Crippen molar-refractivity contribution < 1.29 is 22.5 Å². The van der Waals surface area contributed by atoms with Gasteiger partial charge in [0.05, 0.1) is 11.8 Å². The Kier molecular flexibility index (Phi) is 1.67. The van der Waals surface area contributed by atoms with Crippen molar-refractivity contribution in [1.82, 2.24) is 5.16 Å². The van der Waals surface area contributed by atoms with Crippen LogP contribution in [0, 0.1) is 0 Å². The molecule has 0 unspecified atom stereocenters. The normalized spacial score (nSPS) is 11.5. The van der Waals surface area contributed by atoms with E-state index in [1.165, 1.54) is 0 Å². The lowest BCUT2D eigenvalue weighted by molar-refractivity contribution is -0.155. The molecule has 0 aromatic carbocycles. The summed E-state index contributed by atoms with van der Waals surface area (Å²) < 4.78 is 39.1. The molecular formula is C5H2F3NO2. The van der Waals surface area contributed by atoms with Crippen LogP contribution in [0.5, 0.6) is 0 Å². The summed E-state index contributed by atoms with van der Waals surface area (Å²) in [6.07, 6.45) is -3.89. The molecule has 0 aliphatic carbocycles. The van der Waals surface area contributed by atoms with Gasteiger partial charge in [0, 0.05) is 0 Å². The highest BCUT2D eigenvalue weighted by Gasteiger charge is 2.38. The molecule has 60 valence electrons. The molecule has 6 heteroatoms. The fourth-order valence-electron chi connectivity index (χ4n) is 0.547. The summed E-state index contributed by atoms with van der Waals surface area (Å²) in [5, 5.41) is 2.83. The average molecular weight is 165 g/mol. The van der Waals surface area contributed by atoms with Gasteiger partial charge < -0.3 is 4.52 Å². The van der Waals surface area contributed by atoms with E-state index in [0.29, 0.717) is 0 Å². The van der Waals surface area contributed by atoms with Crippen LogP contribution in [-0.4, -0.2) is 11.4 Å². The maximum Gasteiger partial charge on any atom is 0.453 e. The van der Waals surface area contributed by atoms with Gasteiger partial charge in [-0.3, -0.25) is 4.79 Å². The van der Waals surface area contributed by atoms with Gasteiger partial charge in [-0.15, -0.1) is 0 Å². The molecule has 0 N–H and O–H groups in total. The molecule has 1 aromatic heterocycles. The quantitative estimate of drug-likeness (QED) is 0.592. The van der Waals surface area contributed by atoms with Gasteiger partial charge >= 0.3 is 6.18 Å². The Balaban J connectivity index is 3.12. The maximum atomic E-state index is 11.8. The number of nitrogens with zero attached hydrogens (tertiary/aromatic N) is 1. The topological polar surface area (TPSA) is 43.1 Å². The van der Waals surface area contributed by atoms with E-state index in [1.54, 1.807) is 0 Å². The number of aromatic nitrogens is 1. The van der Waals surface area contributed by atoms with Crippen LogP contribution in [0.4, 0.5) is 13.2 Å². The van der Waals surface area contributed by atoms with Crippen molar-refractivity contribution in [2.75, 3.05) is 0 Å². The van der Waals surface area contributed by atoms with Crippen LogP contribution in [0.3, 0.4) is 0 Å². The van der Waals surface area contributed by atoms with Gasteiger partial charge in [0.25, 0.3) is 5.76 Å². The predicted octanol–water partition coefficient (Wildman–Crippen LogP) is 1.51. The lowest BCUT2D eigenvalue weighted by Crippen LogP contribution is -2.05. The van der Waals surface area contributed by atoms with Gasteiger partial charge in [0.1, 0.15) is 0 Å². The summed E-state index contributed by atoms with van der Waals surface area (Å²) in [5.41, 5.74) is -0.586. The molecule has 0 saturated heterocycles. The van der Waals surface area contributed by atoms with Crippen LogP contribution in [0.2, 0.25) is 0 Å². The van der Waals surface area contributed by atoms with Crippen molar-refractivity contribution >= 4 is 6.29 Å². The number of alkyl halides is 3. The molecule has 0 saturated carbocycles. The van der Waals surface area contributed by atoms with E-state index < -0.39 is 17.5 Å². The Labute approximate surface area is 58.8 Å². The van der Waals surface area contributed by atoms with E-state index in [-0.39, 0.29) is 6.29 Å². The average Bonchev–Trinajstić information content (AvgIpc) is 2.31. The van der Waals surface area contributed by atoms with Crippen molar-refractivity contribution in [3.63, 3.8) is 0 Å². The predicted molar refractivity (Wildman–Crippen MR) is 26.9 cm³/mol. The van der Waals surface area contributed by atoms with Crippen molar-refractivity contribution in [2.24, 2.45) is 0 Å². The minimum Gasteiger partial charge on any atom is -0.351 e. The minimum absolute atomic E-state index is 0.0410. The Morgan fingerprint density at radius 1 is 1.55 bits per heavy atom. The fraction of sp³-hybridized carbons (Fsp3) is 0.200. The minimum atomic E-state index is -4.65. The molecule has 0 fully saturated rings. The number of rotatable bonds is 1. The zero-order valence-electron chi connectivity index (χ0n) is 5.05. The summed E-state index contributed by atoms with van der Waals surface area (Å²) >= 11 is 0. The van der Waals surface area contributed by atoms with Crippen LogP contribution in [-0.2, 0) is 6.18 Å². The van der Waals surface area contributed by atoms with E-state index in [9.17, 15) is 18.0 Å². The Morgan fingerprint density at radius 2 is 2.18 bits per heavy atom. The highest BCUT2D eigenvalue weighted by atomic mass is 19.4. The highest BCUT2D eigenvalue weighted by molar-refractivity contribution is 5.75. The molecule has 11 heavy (non-hydrogen) atoms. The summed E-state index contributed by atoms with van der Waals surface area (Å²) in [7, 11) is 0. The SMILES string of the molecule is O=Cc1cnoc1C(F)(F)F. The fourth-order valence-corrected chi connectivity index (χ4v) is 0.547. The monoisotopic (exact) mass is 165 g/mol. The van der Waals surface area contributed by atoms with Crippen LogP contribution in [0.25, 0.3) is 0 Å². The molecule has 1 aromatic rings. The summed E-state index contributed by atoms with van der Waals surface area (Å²) in [6, 6.07) is 0. The van der Waals surface area contributed by atoms with E-state index in [1.807, 2.05) is 0 Å². The van der Waals surface area contributed by atoms with Gasteiger partial charge in [-0.25, -0.2) is 0 Å². The standard InChI is InChI=1S/C5H2F3NO2/c6-5(7,8)4-3(2-10)1-9-11-4/h1-2H. The Bertz CT molecular complexity index is 265. The molecule has 0 bridgehead atoms. The van der Waals surface area contributed by atoms with E-state index in [4.69, 9.17) is 0 Å². The van der Waals surface area contributed by atoms with Gasteiger partial charge in [0.15, 0.2) is 6.29 Å². The van der Waals surface area contributed by atoms with Crippen LogP contribution >= 0.6 is 0 Å². The number of aldehydes is 1. The molecule has 0 spiro atoms. The van der Waals surface area contributed by atoms with E-state index in [2.05, 4.69) is 9.68 Å². The number of hydrogen-bond acceptors (Lipinski definition) is 3. The maximum absolute atomic E-state index is 11.8.